The molecule has 1 aliphatic rings. The van der Waals surface area contributed by atoms with Gasteiger partial charge in [-0.2, -0.15) is 4.31 Å². The highest BCUT2D eigenvalue weighted by Crippen LogP contribution is 2.25. The average Bonchev–Trinajstić information content (AvgIpc) is 3.27. The van der Waals surface area contributed by atoms with Gasteiger partial charge < -0.3 is 14.6 Å². The van der Waals surface area contributed by atoms with E-state index in [4.69, 9.17) is 9.26 Å². The molecular weight excluding hydrogens is 413 g/mol. The van der Waals surface area contributed by atoms with Crippen LogP contribution < -0.4 is 5.32 Å². The number of aromatic nitrogens is 1. The van der Waals surface area contributed by atoms with Crippen LogP contribution in [0.15, 0.2) is 64.0 Å². The van der Waals surface area contributed by atoms with E-state index in [9.17, 15) is 17.6 Å². The summed E-state index contributed by atoms with van der Waals surface area (Å²) in [4.78, 5) is 12.0. The predicted molar refractivity (Wildman–Crippen MR) is 106 cm³/mol. The maximum absolute atomic E-state index is 14.3. The Kier molecular flexibility index (Phi) is 5.62. The second-order valence-corrected chi connectivity index (χ2v) is 8.46. The molecule has 1 aromatic heterocycles. The molecule has 2 aromatic carbocycles. The molecule has 1 saturated heterocycles. The molecule has 156 valence electrons. The highest BCUT2D eigenvalue weighted by molar-refractivity contribution is 7.89. The molecule has 30 heavy (non-hydrogen) atoms. The Morgan fingerprint density at radius 3 is 2.53 bits per heavy atom. The first-order chi connectivity index (χ1) is 14.4. The van der Waals surface area contributed by atoms with E-state index >= 15 is 0 Å². The van der Waals surface area contributed by atoms with Gasteiger partial charge in [-0.25, -0.2) is 12.8 Å². The first-order valence-electron chi connectivity index (χ1n) is 9.16. The van der Waals surface area contributed by atoms with Crippen molar-refractivity contribution in [2.24, 2.45) is 0 Å². The first-order valence-corrected chi connectivity index (χ1v) is 10.6. The van der Waals surface area contributed by atoms with E-state index in [1.54, 1.807) is 0 Å². The number of anilines is 1. The highest BCUT2D eigenvalue weighted by Gasteiger charge is 2.29. The van der Waals surface area contributed by atoms with Crippen molar-refractivity contribution < 1.29 is 26.9 Å². The van der Waals surface area contributed by atoms with Gasteiger partial charge in [-0.1, -0.05) is 35.5 Å². The summed E-state index contributed by atoms with van der Waals surface area (Å²) in [6.07, 6.45) is 0. The van der Waals surface area contributed by atoms with Crippen molar-refractivity contribution in [1.29, 1.82) is 0 Å². The minimum Gasteiger partial charge on any atom is -0.379 e. The maximum atomic E-state index is 14.3. The number of carbonyl (C=O) groups excluding carboxylic acids is 1. The number of amides is 1. The third-order valence-corrected chi connectivity index (χ3v) is 6.49. The number of sulfonamides is 1. The molecule has 0 atom stereocenters. The second kappa shape index (κ2) is 8.34. The number of ether oxygens (including phenoxy) is 1. The number of halogens is 1. The zero-order chi connectivity index (χ0) is 21.1. The van der Waals surface area contributed by atoms with Gasteiger partial charge in [-0.05, 0) is 18.2 Å². The van der Waals surface area contributed by atoms with Gasteiger partial charge >= 0.3 is 0 Å². The summed E-state index contributed by atoms with van der Waals surface area (Å²) < 4.78 is 51.3. The zero-order valence-electron chi connectivity index (χ0n) is 15.7. The van der Waals surface area contributed by atoms with E-state index in [1.165, 1.54) is 12.1 Å². The van der Waals surface area contributed by atoms with Crippen LogP contribution in [0.1, 0.15) is 10.5 Å². The Bertz CT molecular complexity index is 1160. The van der Waals surface area contributed by atoms with E-state index in [0.29, 0.717) is 5.76 Å². The molecule has 0 bridgehead atoms. The summed E-state index contributed by atoms with van der Waals surface area (Å²) in [7, 11) is -4.05. The van der Waals surface area contributed by atoms with Gasteiger partial charge in [0.25, 0.3) is 5.91 Å². The first kappa shape index (κ1) is 20.2. The lowest BCUT2D eigenvalue weighted by Gasteiger charge is -2.26. The maximum Gasteiger partial charge on any atom is 0.277 e. The molecule has 0 aliphatic carbocycles. The summed E-state index contributed by atoms with van der Waals surface area (Å²) in [5.74, 6) is -1.09. The molecule has 0 spiro atoms. The van der Waals surface area contributed by atoms with Crippen LogP contribution in [-0.4, -0.2) is 50.1 Å². The van der Waals surface area contributed by atoms with E-state index in [0.717, 1.165) is 22.0 Å². The van der Waals surface area contributed by atoms with Crippen molar-refractivity contribution >= 4 is 21.6 Å². The molecule has 0 unspecified atom stereocenters. The molecule has 1 N–H and O–H groups in total. The summed E-state index contributed by atoms with van der Waals surface area (Å²) >= 11 is 0. The number of carbonyl (C=O) groups is 1. The normalized spacial score (nSPS) is 15.1. The van der Waals surface area contributed by atoms with Crippen LogP contribution in [0.4, 0.5) is 10.1 Å². The van der Waals surface area contributed by atoms with E-state index in [-0.39, 0.29) is 37.7 Å². The molecule has 2 heterocycles. The molecule has 3 aromatic rings. The van der Waals surface area contributed by atoms with Crippen molar-refractivity contribution in [2.75, 3.05) is 31.6 Å². The number of hydrogen-bond acceptors (Lipinski definition) is 6. The average molecular weight is 431 g/mol. The van der Waals surface area contributed by atoms with Crippen LogP contribution in [-0.2, 0) is 14.8 Å². The number of benzene rings is 2. The smallest absolute Gasteiger partial charge is 0.277 e. The Morgan fingerprint density at radius 2 is 1.80 bits per heavy atom. The lowest BCUT2D eigenvalue weighted by atomic mass is 10.1. The fourth-order valence-corrected chi connectivity index (χ4v) is 4.52. The van der Waals surface area contributed by atoms with Crippen molar-refractivity contribution in [2.45, 2.75) is 4.90 Å². The van der Waals surface area contributed by atoms with Crippen LogP contribution in [0.3, 0.4) is 0 Å². The fraction of sp³-hybridized carbons (Fsp3) is 0.200. The van der Waals surface area contributed by atoms with E-state index in [2.05, 4.69) is 10.5 Å². The van der Waals surface area contributed by atoms with Gasteiger partial charge in [0.2, 0.25) is 10.0 Å². The highest BCUT2D eigenvalue weighted by atomic mass is 32.2. The number of nitrogens with one attached hydrogen (secondary N) is 1. The Morgan fingerprint density at radius 1 is 1.07 bits per heavy atom. The van der Waals surface area contributed by atoms with Crippen LogP contribution in [0.2, 0.25) is 0 Å². The van der Waals surface area contributed by atoms with E-state index in [1.807, 2.05) is 30.3 Å². The van der Waals surface area contributed by atoms with Crippen LogP contribution in [0.5, 0.6) is 0 Å². The Labute approximate surface area is 172 Å². The summed E-state index contributed by atoms with van der Waals surface area (Å²) in [5.41, 5.74) is 0.887. The van der Waals surface area contributed by atoms with Gasteiger partial charge in [-0.3, -0.25) is 4.79 Å². The predicted octanol–water partition coefficient (Wildman–Crippen LogP) is 2.75. The molecule has 1 fully saturated rings. The van der Waals surface area contributed by atoms with E-state index < -0.39 is 26.6 Å². The Balaban J connectivity index is 1.55. The summed E-state index contributed by atoms with van der Waals surface area (Å²) in [6, 6.07) is 14.0. The third-order valence-electron chi connectivity index (χ3n) is 4.58. The van der Waals surface area contributed by atoms with Crippen LogP contribution in [0, 0.1) is 5.82 Å². The standard InChI is InChI=1S/C20H18FN3O5S/c21-16-7-6-15(12-19(16)30(26,27)24-8-10-28-11-9-24)22-20(25)17-13-18(29-23-17)14-4-2-1-3-5-14/h1-7,12-13H,8-11H2,(H,22,25). The summed E-state index contributed by atoms with van der Waals surface area (Å²) in [5, 5.41) is 6.28. The molecule has 8 nitrogen and oxygen atoms in total. The topological polar surface area (TPSA) is 102 Å². The van der Waals surface area contributed by atoms with Gasteiger partial charge in [0.05, 0.1) is 13.2 Å². The van der Waals surface area contributed by atoms with Crippen molar-refractivity contribution in [3.05, 3.63) is 66.1 Å². The Hall–Kier alpha value is -3.08. The molecule has 1 amide bonds. The summed E-state index contributed by atoms with van der Waals surface area (Å²) in [6.45, 7) is 0.763. The molecule has 10 heteroatoms. The lowest BCUT2D eigenvalue weighted by Crippen LogP contribution is -2.40. The zero-order valence-corrected chi connectivity index (χ0v) is 16.6. The SMILES string of the molecule is O=C(Nc1ccc(F)c(S(=O)(=O)N2CCOCC2)c1)c1cc(-c2ccccc2)on1. The molecule has 1 aliphatic heterocycles. The number of nitrogens with zero attached hydrogens (tertiary/aromatic N) is 2. The van der Waals surface area contributed by atoms with Crippen LogP contribution >= 0.6 is 0 Å². The number of morpholine rings is 1. The van der Waals surface area contributed by atoms with Gasteiger partial charge in [0.15, 0.2) is 11.5 Å². The van der Waals surface area contributed by atoms with Gasteiger partial charge in [0, 0.05) is 30.4 Å². The van der Waals surface area contributed by atoms with Gasteiger partial charge in [0.1, 0.15) is 10.7 Å². The molecule has 0 radical (unpaired) electrons. The second-order valence-electron chi connectivity index (χ2n) is 6.56. The molecule has 0 saturated carbocycles. The van der Waals surface area contributed by atoms with Crippen molar-refractivity contribution in [1.82, 2.24) is 9.46 Å². The fourth-order valence-electron chi connectivity index (χ4n) is 3.02. The minimum atomic E-state index is -4.05. The van der Waals surface area contributed by atoms with Crippen molar-refractivity contribution in [3.63, 3.8) is 0 Å². The molecule has 4 rings (SSSR count). The number of rotatable bonds is 5. The third kappa shape index (κ3) is 4.11. The largest absolute Gasteiger partial charge is 0.379 e. The monoisotopic (exact) mass is 431 g/mol. The quantitative estimate of drug-likeness (QED) is 0.667. The van der Waals surface area contributed by atoms with Crippen molar-refractivity contribution in [3.8, 4) is 11.3 Å². The molecular formula is C20H18FN3O5S. The van der Waals surface area contributed by atoms with Crippen LogP contribution in [0.25, 0.3) is 11.3 Å². The minimum absolute atomic E-state index is 0.00997. The number of hydrogen-bond donors (Lipinski definition) is 1. The van der Waals surface area contributed by atoms with Gasteiger partial charge in [-0.15, -0.1) is 0 Å². The lowest BCUT2D eigenvalue weighted by molar-refractivity contribution is 0.0729.